The molecule has 0 radical (unpaired) electrons. The van der Waals surface area contributed by atoms with Gasteiger partial charge in [-0.2, -0.15) is 0 Å². The molecule has 0 aliphatic carbocycles. The van der Waals surface area contributed by atoms with Crippen molar-refractivity contribution >= 4 is 17.2 Å². The van der Waals surface area contributed by atoms with Gasteiger partial charge in [0.05, 0.1) is 4.88 Å². The smallest absolute Gasteiger partial charge is 0.261 e. The van der Waals surface area contributed by atoms with E-state index in [0.29, 0.717) is 12.5 Å². The largest absolute Gasteiger partial charge is 0.351 e. The lowest BCUT2D eigenvalue weighted by molar-refractivity contribution is 0.0956. The number of benzene rings is 3. The van der Waals surface area contributed by atoms with Gasteiger partial charge >= 0.3 is 0 Å². The second kappa shape index (κ2) is 13.7. The lowest BCUT2D eigenvalue weighted by Crippen LogP contribution is -2.35. The van der Waals surface area contributed by atoms with Crippen molar-refractivity contribution in [2.45, 2.75) is 49.9 Å². The average molecular weight is 537 g/mol. The van der Waals surface area contributed by atoms with Crippen LogP contribution < -0.4 is 5.32 Å². The van der Waals surface area contributed by atoms with Gasteiger partial charge in [-0.3, -0.25) is 4.79 Å². The highest BCUT2D eigenvalue weighted by atomic mass is 32.1. The highest BCUT2D eigenvalue weighted by molar-refractivity contribution is 7.12. The molecule has 1 amide bonds. The maximum atomic E-state index is 12.5. The van der Waals surface area contributed by atoms with Crippen LogP contribution in [0.1, 0.15) is 70.8 Å². The number of likely N-dealkylation sites (tertiary alicyclic amines) is 1. The van der Waals surface area contributed by atoms with Gasteiger partial charge in [0.2, 0.25) is 0 Å². The molecule has 1 aliphatic rings. The minimum atomic E-state index is -0.0709. The molecule has 4 heteroatoms. The molecule has 3 nitrogen and oxygen atoms in total. The lowest BCUT2D eigenvalue weighted by atomic mass is 9.68. The van der Waals surface area contributed by atoms with Crippen LogP contribution in [0.5, 0.6) is 0 Å². The van der Waals surface area contributed by atoms with Gasteiger partial charge in [-0.1, -0.05) is 97.1 Å². The predicted octanol–water partition coefficient (Wildman–Crippen LogP) is 7.90. The zero-order valence-corrected chi connectivity index (χ0v) is 23.6. The molecule has 39 heavy (non-hydrogen) atoms. The third kappa shape index (κ3) is 7.06. The number of piperidine rings is 1. The van der Waals surface area contributed by atoms with Crippen LogP contribution in [0.4, 0.5) is 0 Å². The first-order valence-electron chi connectivity index (χ1n) is 14.4. The minimum Gasteiger partial charge on any atom is -0.351 e. The van der Waals surface area contributed by atoms with Gasteiger partial charge < -0.3 is 10.2 Å². The van der Waals surface area contributed by atoms with E-state index in [2.05, 4.69) is 101 Å². The Kier molecular flexibility index (Phi) is 9.63. The van der Waals surface area contributed by atoms with Crippen LogP contribution in [0.15, 0.2) is 109 Å². The molecule has 5 rings (SSSR count). The molecule has 0 bridgehead atoms. The first-order chi connectivity index (χ1) is 19.2. The summed E-state index contributed by atoms with van der Waals surface area (Å²) in [6.45, 7) is 4.18. The Balaban J connectivity index is 1.25. The van der Waals surface area contributed by atoms with E-state index in [-0.39, 0.29) is 11.3 Å². The first-order valence-corrected chi connectivity index (χ1v) is 15.3. The normalized spacial score (nSPS) is 14.8. The van der Waals surface area contributed by atoms with E-state index < -0.39 is 0 Å². The molecule has 1 aromatic heterocycles. The first kappa shape index (κ1) is 27.4. The van der Waals surface area contributed by atoms with Crippen LogP contribution in [0, 0.1) is 0 Å². The summed E-state index contributed by atoms with van der Waals surface area (Å²) < 4.78 is 0. The average Bonchev–Trinajstić information content (AvgIpc) is 3.56. The second-order valence-corrected chi connectivity index (χ2v) is 11.7. The third-order valence-electron chi connectivity index (χ3n) is 8.40. The fraction of sp³-hybridized carbons (Fsp3) is 0.343. The summed E-state index contributed by atoms with van der Waals surface area (Å²) in [4.78, 5) is 16.0. The third-order valence-corrected chi connectivity index (χ3v) is 9.27. The van der Waals surface area contributed by atoms with Crippen LogP contribution in [-0.2, 0) is 5.41 Å². The molecule has 0 spiro atoms. The summed E-state index contributed by atoms with van der Waals surface area (Å²) in [6, 6.07) is 36.9. The van der Waals surface area contributed by atoms with Crippen molar-refractivity contribution in [1.82, 2.24) is 10.2 Å². The molecule has 0 unspecified atom stereocenters. The van der Waals surface area contributed by atoms with E-state index in [1.807, 2.05) is 17.5 Å². The van der Waals surface area contributed by atoms with Crippen molar-refractivity contribution in [3.8, 4) is 0 Å². The molecular formula is C35H40N2OS. The Morgan fingerprint density at radius 3 is 1.95 bits per heavy atom. The van der Waals surface area contributed by atoms with Crippen LogP contribution in [-0.4, -0.2) is 37.0 Å². The number of hydrogen-bond donors (Lipinski definition) is 1. The minimum absolute atomic E-state index is 0.0360. The number of carbonyl (C=O) groups is 1. The summed E-state index contributed by atoms with van der Waals surface area (Å²) in [6.07, 6.45) is 6.68. The van der Waals surface area contributed by atoms with Gasteiger partial charge in [0, 0.05) is 12.0 Å². The van der Waals surface area contributed by atoms with E-state index in [9.17, 15) is 4.79 Å². The molecule has 0 saturated carbocycles. The number of thiophene rings is 1. The molecule has 1 N–H and O–H groups in total. The molecule has 3 aromatic carbocycles. The maximum Gasteiger partial charge on any atom is 0.261 e. The van der Waals surface area contributed by atoms with Crippen molar-refractivity contribution in [3.63, 3.8) is 0 Å². The highest BCUT2D eigenvalue weighted by Crippen LogP contribution is 2.41. The van der Waals surface area contributed by atoms with Gasteiger partial charge in [0.15, 0.2) is 0 Å². The number of nitrogens with zero attached hydrogens (tertiary/aromatic N) is 1. The second-order valence-electron chi connectivity index (χ2n) is 10.8. The van der Waals surface area contributed by atoms with Crippen molar-refractivity contribution < 1.29 is 4.79 Å². The van der Waals surface area contributed by atoms with Crippen molar-refractivity contribution in [2.24, 2.45) is 0 Å². The Bertz CT molecular complexity index is 1210. The molecule has 1 aliphatic heterocycles. The van der Waals surface area contributed by atoms with Crippen LogP contribution >= 0.6 is 11.3 Å². The Morgan fingerprint density at radius 1 is 0.769 bits per heavy atom. The Hall–Kier alpha value is -3.21. The number of rotatable bonds is 12. The van der Waals surface area contributed by atoms with Gasteiger partial charge in [-0.25, -0.2) is 0 Å². The van der Waals surface area contributed by atoms with Gasteiger partial charge in [0.25, 0.3) is 5.91 Å². The maximum absolute atomic E-state index is 12.5. The van der Waals surface area contributed by atoms with E-state index in [0.717, 1.165) is 37.1 Å². The summed E-state index contributed by atoms with van der Waals surface area (Å²) in [5.74, 6) is 0.730. The summed E-state index contributed by atoms with van der Waals surface area (Å²) >= 11 is 1.49. The van der Waals surface area contributed by atoms with Crippen molar-refractivity contribution in [3.05, 3.63) is 130 Å². The molecule has 2 heterocycles. The van der Waals surface area contributed by atoms with Gasteiger partial charge in [0.1, 0.15) is 0 Å². The Morgan fingerprint density at radius 2 is 1.36 bits per heavy atom. The van der Waals surface area contributed by atoms with E-state index >= 15 is 0 Å². The number of carbonyl (C=O) groups excluding carboxylic acids is 1. The molecule has 202 valence electrons. The quantitative estimate of drug-likeness (QED) is 0.187. The summed E-state index contributed by atoms with van der Waals surface area (Å²) in [7, 11) is 0. The number of nitrogens with one attached hydrogen (secondary N) is 1. The zero-order chi connectivity index (χ0) is 26.8. The Labute approximate surface area is 237 Å². The van der Waals surface area contributed by atoms with Crippen molar-refractivity contribution in [2.75, 3.05) is 26.2 Å². The molecule has 1 saturated heterocycles. The highest BCUT2D eigenvalue weighted by Gasteiger charge is 2.33. The van der Waals surface area contributed by atoms with E-state index in [1.165, 1.54) is 54.0 Å². The van der Waals surface area contributed by atoms with Gasteiger partial charge in [-0.15, -0.1) is 11.3 Å². The molecule has 1 fully saturated rings. The van der Waals surface area contributed by atoms with E-state index in [1.54, 1.807) is 0 Å². The topological polar surface area (TPSA) is 32.3 Å². The monoisotopic (exact) mass is 536 g/mol. The number of hydrogen-bond acceptors (Lipinski definition) is 3. The molecule has 0 atom stereocenters. The number of amides is 1. The zero-order valence-electron chi connectivity index (χ0n) is 22.8. The molecule has 4 aromatic rings. The van der Waals surface area contributed by atoms with Crippen LogP contribution in [0.2, 0.25) is 0 Å². The van der Waals surface area contributed by atoms with Crippen LogP contribution in [0.3, 0.4) is 0 Å². The fourth-order valence-electron chi connectivity index (χ4n) is 6.29. The van der Waals surface area contributed by atoms with Gasteiger partial charge in [-0.05, 0) is 92.2 Å². The summed E-state index contributed by atoms with van der Waals surface area (Å²) in [5.41, 5.74) is 4.18. The summed E-state index contributed by atoms with van der Waals surface area (Å²) in [5, 5.41) is 5.10. The standard InChI is InChI=1S/C35H40N2OS/c38-34(33-19-10-28-39-33)36-24-11-22-35(31-15-6-2-7-16-31,32-17-8-3-9-18-32)23-12-25-37-26-20-30(21-27-37)29-13-4-1-5-14-29/h1-10,13-19,28,30H,11-12,20-27H2,(H,36,38). The van der Waals surface area contributed by atoms with Crippen molar-refractivity contribution in [1.29, 1.82) is 0 Å². The van der Waals surface area contributed by atoms with E-state index in [4.69, 9.17) is 0 Å². The fourth-order valence-corrected chi connectivity index (χ4v) is 6.93. The lowest BCUT2D eigenvalue weighted by Gasteiger charge is -2.37. The van der Waals surface area contributed by atoms with Crippen LogP contribution in [0.25, 0.3) is 0 Å². The SMILES string of the molecule is O=C(NCCCC(CCCN1CCC(c2ccccc2)CC1)(c1ccccc1)c1ccccc1)c1cccs1. The molecular weight excluding hydrogens is 496 g/mol. The predicted molar refractivity (Wildman–Crippen MR) is 164 cm³/mol.